The third kappa shape index (κ3) is 4.73. The monoisotopic (exact) mass is 404 g/mol. The molecule has 4 rings (SSSR count). The van der Waals surface area contributed by atoms with Gasteiger partial charge in [-0.05, 0) is 42.8 Å². The summed E-state index contributed by atoms with van der Waals surface area (Å²) in [6.45, 7) is 2.07. The SMILES string of the molecule is COc1ccc2oc(/C=C/C(=O)Nc3ncc(Cc4ccc(C)cc4)s3)cc2c1. The van der Waals surface area contributed by atoms with Gasteiger partial charge in [-0.2, -0.15) is 0 Å². The molecule has 2 aromatic heterocycles. The smallest absolute Gasteiger partial charge is 0.250 e. The first kappa shape index (κ1) is 19.0. The van der Waals surface area contributed by atoms with Crippen LogP contribution in [0.15, 0.2) is 65.2 Å². The first-order valence-electron chi connectivity index (χ1n) is 9.16. The van der Waals surface area contributed by atoms with Gasteiger partial charge in [0.1, 0.15) is 17.1 Å². The van der Waals surface area contributed by atoms with Gasteiger partial charge < -0.3 is 9.15 Å². The summed E-state index contributed by atoms with van der Waals surface area (Å²) in [6.07, 6.45) is 5.68. The van der Waals surface area contributed by atoms with Crippen molar-refractivity contribution >= 4 is 39.4 Å². The number of carbonyl (C=O) groups excluding carboxylic acids is 1. The second kappa shape index (κ2) is 8.32. The Labute approximate surface area is 172 Å². The van der Waals surface area contributed by atoms with E-state index in [1.807, 2.05) is 24.3 Å². The fourth-order valence-electron chi connectivity index (χ4n) is 2.91. The summed E-state index contributed by atoms with van der Waals surface area (Å²) in [7, 11) is 1.62. The number of ether oxygens (including phenoxy) is 1. The molecule has 0 bridgehead atoms. The predicted molar refractivity (Wildman–Crippen MR) is 117 cm³/mol. The third-order valence-electron chi connectivity index (χ3n) is 4.42. The highest BCUT2D eigenvalue weighted by atomic mass is 32.1. The van der Waals surface area contributed by atoms with E-state index in [0.717, 1.165) is 28.0 Å². The number of methoxy groups -OCH3 is 1. The van der Waals surface area contributed by atoms with Crippen molar-refractivity contribution in [3.05, 3.63) is 82.6 Å². The quantitative estimate of drug-likeness (QED) is 0.434. The maximum absolute atomic E-state index is 12.2. The number of aryl methyl sites for hydroxylation is 1. The maximum atomic E-state index is 12.2. The van der Waals surface area contributed by atoms with Crippen LogP contribution in [0.5, 0.6) is 5.75 Å². The van der Waals surface area contributed by atoms with Crippen LogP contribution in [-0.2, 0) is 11.2 Å². The van der Waals surface area contributed by atoms with Crippen LogP contribution >= 0.6 is 11.3 Å². The van der Waals surface area contributed by atoms with Gasteiger partial charge in [0.2, 0.25) is 5.91 Å². The molecule has 0 aliphatic carbocycles. The molecule has 29 heavy (non-hydrogen) atoms. The normalized spacial score (nSPS) is 11.2. The third-order valence-corrected chi connectivity index (χ3v) is 5.34. The van der Waals surface area contributed by atoms with E-state index in [1.165, 1.54) is 28.5 Å². The van der Waals surface area contributed by atoms with Crippen molar-refractivity contribution in [2.24, 2.45) is 0 Å². The van der Waals surface area contributed by atoms with Crippen molar-refractivity contribution < 1.29 is 13.9 Å². The first-order chi connectivity index (χ1) is 14.1. The maximum Gasteiger partial charge on any atom is 0.250 e. The molecule has 2 heterocycles. The Morgan fingerprint density at radius 1 is 1.21 bits per heavy atom. The summed E-state index contributed by atoms with van der Waals surface area (Å²) in [6, 6.07) is 15.8. The average molecular weight is 404 g/mol. The molecular formula is C23H20N2O3S. The summed E-state index contributed by atoms with van der Waals surface area (Å²) in [5, 5.41) is 4.30. The van der Waals surface area contributed by atoms with Crippen LogP contribution in [0.1, 0.15) is 21.8 Å². The number of rotatable bonds is 6. The topological polar surface area (TPSA) is 64.4 Å². The Balaban J connectivity index is 1.38. The molecule has 1 amide bonds. The number of fused-ring (bicyclic) bond motifs is 1. The molecule has 0 unspecified atom stereocenters. The van der Waals surface area contributed by atoms with Crippen LogP contribution in [0.3, 0.4) is 0 Å². The molecule has 0 aliphatic rings. The Kier molecular flexibility index (Phi) is 5.44. The standard InChI is InChI=1S/C23H20N2O3S/c1-15-3-5-16(6-4-15)11-20-14-24-23(29-20)25-22(26)10-8-19-13-17-12-18(27-2)7-9-21(17)28-19/h3-10,12-14H,11H2,1-2H3,(H,24,25,26)/b10-8+. The van der Waals surface area contributed by atoms with Crippen LogP contribution in [-0.4, -0.2) is 18.0 Å². The summed E-state index contributed by atoms with van der Waals surface area (Å²) in [4.78, 5) is 17.6. The van der Waals surface area contributed by atoms with E-state index in [0.29, 0.717) is 10.9 Å². The number of carbonyl (C=O) groups is 1. The van der Waals surface area contributed by atoms with Gasteiger partial charge in [-0.1, -0.05) is 29.8 Å². The number of aromatic nitrogens is 1. The number of thiazole rings is 1. The summed E-state index contributed by atoms with van der Waals surface area (Å²) in [5.41, 5.74) is 3.20. The summed E-state index contributed by atoms with van der Waals surface area (Å²) < 4.78 is 10.9. The number of nitrogens with zero attached hydrogens (tertiary/aromatic N) is 1. The lowest BCUT2D eigenvalue weighted by Crippen LogP contribution is -2.06. The number of anilines is 1. The summed E-state index contributed by atoms with van der Waals surface area (Å²) >= 11 is 1.48. The molecule has 0 saturated carbocycles. The second-order valence-corrected chi connectivity index (χ2v) is 7.78. The van der Waals surface area contributed by atoms with Crippen LogP contribution in [0.2, 0.25) is 0 Å². The van der Waals surface area contributed by atoms with Crippen molar-refractivity contribution in [2.75, 3.05) is 12.4 Å². The molecular weight excluding hydrogens is 384 g/mol. The molecule has 0 saturated heterocycles. The number of amides is 1. The molecule has 0 atom stereocenters. The molecule has 6 heteroatoms. The minimum atomic E-state index is -0.251. The fraction of sp³-hybridized carbons (Fsp3) is 0.130. The number of hydrogen-bond donors (Lipinski definition) is 1. The Morgan fingerprint density at radius 2 is 2.03 bits per heavy atom. The Bertz CT molecular complexity index is 1170. The molecule has 1 N–H and O–H groups in total. The number of furan rings is 1. The molecule has 0 fully saturated rings. The predicted octanol–water partition coefficient (Wildman–Crippen LogP) is 5.45. The largest absolute Gasteiger partial charge is 0.497 e. The zero-order valence-electron chi connectivity index (χ0n) is 16.1. The zero-order chi connectivity index (χ0) is 20.2. The van der Waals surface area contributed by atoms with Gasteiger partial charge in [0.25, 0.3) is 0 Å². The fourth-order valence-corrected chi connectivity index (χ4v) is 3.76. The molecule has 0 spiro atoms. The van der Waals surface area contributed by atoms with E-state index in [4.69, 9.17) is 9.15 Å². The van der Waals surface area contributed by atoms with Crippen LogP contribution in [0, 0.1) is 6.92 Å². The number of hydrogen-bond acceptors (Lipinski definition) is 5. The van der Waals surface area contributed by atoms with Gasteiger partial charge in [-0.3, -0.25) is 10.1 Å². The lowest BCUT2D eigenvalue weighted by Gasteiger charge is -1.99. The van der Waals surface area contributed by atoms with Crippen LogP contribution in [0.25, 0.3) is 17.0 Å². The second-order valence-electron chi connectivity index (χ2n) is 6.67. The van der Waals surface area contributed by atoms with Crippen molar-refractivity contribution in [1.29, 1.82) is 0 Å². The molecule has 4 aromatic rings. The van der Waals surface area contributed by atoms with E-state index >= 15 is 0 Å². The van der Waals surface area contributed by atoms with Gasteiger partial charge in [-0.25, -0.2) is 4.98 Å². The number of nitrogens with one attached hydrogen (secondary N) is 1. The lowest BCUT2D eigenvalue weighted by molar-refractivity contribution is -0.111. The Hall–Kier alpha value is -3.38. The molecule has 0 radical (unpaired) electrons. The van der Waals surface area contributed by atoms with Crippen molar-refractivity contribution in [2.45, 2.75) is 13.3 Å². The highest BCUT2D eigenvalue weighted by Crippen LogP contribution is 2.25. The van der Waals surface area contributed by atoms with E-state index < -0.39 is 0 Å². The average Bonchev–Trinajstić information content (AvgIpc) is 3.33. The summed E-state index contributed by atoms with van der Waals surface area (Å²) in [5.74, 6) is 1.11. The van der Waals surface area contributed by atoms with Crippen molar-refractivity contribution in [3.63, 3.8) is 0 Å². The molecule has 2 aromatic carbocycles. The zero-order valence-corrected chi connectivity index (χ0v) is 17.0. The lowest BCUT2D eigenvalue weighted by atomic mass is 10.1. The first-order valence-corrected chi connectivity index (χ1v) is 9.97. The van der Waals surface area contributed by atoms with E-state index in [1.54, 1.807) is 19.4 Å². The van der Waals surface area contributed by atoms with Gasteiger partial charge in [0.15, 0.2) is 5.13 Å². The highest BCUT2D eigenvalue weighted by molar-refractivity contribution is 7.15. The minimum Gasteiger partial charge on any atom is -0.497 e. The van der Waals surface area contributed by atoms with Gasteiger partial charge >= 0.3 is 0 Å². The van der Waals surface area contributed by atoms with Crippen LogP contribution in [0.4, 0.5) is 5.13 Å². The van der Waals surface area contributed by atoms with E-state index in [-0.39, 0.29) is 5.91 Å². The van der Waals surface area contributed by atoms with E-state index in [2.05, 4.69) is 41.5 Å². The van der Waals surface area contributed by atoms with Crippen LogP contribution < -0.4 is 10.1 Å². The minimum absolute atomic E-state index is 0.251. The van der Waals surface area contributed by atoms with E-state index in [9.17, 15) is 4.79 Å². The number of benzene rings is 2. The van der Waals surface area contributed by atoms with Crippen molar-refractivity contribution in [3.8, 4) is 5.75 Å². The van der Waals surface area contributed by atoms with Gasteiger partial charge in [-0.15, -0.1) is 11.3 Å². The Morgan fingerprint density at radius 3 is 2.83 bits per heavy atom. The van der Waals surface area contributed by atoms with Gasteiger partial charge in [0.05, 0.1) is 7.11 Å². The molecule has 5 nitrogen and oxygen atoms in total. The highest BCUT2D eigenvalue weighted by Gasteiger charge is 2.07. The molecule has 146 valence electrons. The van der Waals surface area contributed by atoms with Gasteiger partial charge in [0, 0.05) is 29.0 Å². The van der Waals surface area contributed by atoms with Crippen molar-refractivity contribution in [1.82, 2.24) is 4.98 Å². The molecule has 0 aliphatic heterocycles.